The van der Waals surface area contributed by atoms with Gasteiger partial charge < -0.3 is 10.1 Å². The Kier molecular flexibility index (Phi) is 4.19. The van der Waals surface area contributed by atoms with E-state index in [1.54, 1.807) is 0 Å². The normalized spacial score (nSPS) is 10.5. The maximum atomic E-state index is 12.0. The van der Waals surface area contributed by atoms with Gasteiger partial charge in [-0.2, -0.15) is 0 Å². The van der Waals surface area contributed by atoms with Crippen molar-refractivity contribution in [2.75, 3.05) is 12.4 Å². The molecule has 0 amide bonds. The number of aryl methyl sites for hydroxylation is 1. The summed E-state index contributed by atoms with van der Waals surface area (Å²) in [6.45, 7) is 2.50. The topological polar surface area (TPSA) is 64.1 Å². The lowest BCUT2D eigenvalue weighted by atomic mass is 10.1. The molecule has 0 aliphatic heterocycles. The average molecular weight is 307 g/mol. The summed E-state index contributed by atoms with van der Waals surface area (Å²) in [5, 5.41) is 4.13. The molecule has 0 aliphatic rings. The van der Waals surface area contributed by atoms with E-state index in [1.165, 1.54) is 13.3 Å². The lowest BCUT2D eigenvalue weighted by Crippen LogP contribution is -2.10. The molecule has 116 valence electrons. The van der Waals surface area contributed by atoms with Crippen molar-refractivity contribution in [3.05, 3.63) is 65.5 Å². The highest BCUT2D eigenvalue weighted by molar-refractivity contribution is 6.04. The summed E-state index contributed by atoms with van der Waals surface area (Å²) in [5.41, 5.74) is 3.70. The standard InChI is InChI=1S/C18H17N3O2/c1-12-8-9-14-16(19-10-13-6-4-3-5-7-13)15(18(22)23-2)11-20-17(14)21-12/h3-9,11H,10H2,1-2H3,(H,19,20,21). The van der Waals surface area contributed by atoms with Crippen molar-refractivity contribution in [1.29, 1.82) is 0 Å². The molecule has 1 N–H and O–H groups in total. The predicted octanol–water partition coefficient (Wildman–Crippen LogP) is 3.34. The number of nitrogens with zero attached hydrogens (tertiary/aromatic N) is 2. The summed E-state index contributed by atoms with van der Waals surface area (Å²) in [6, 6.07) is 13.8. The number of esters is 1. The lowest BCUT2D eigenvalue weighted by Gasteiger charge is -2.13. The molecule has 0 radical (unpaired) electrons. The molecule has 0 aliphatic carbocycles. The summed E-state index contributed by atoms with van der Waals surface area (Å²) in [7, 11) is 1.36. The Hall–Kier alpha value is -2.95. The molecule has 3 aromatic rings. The minimum Gasteiger partial charge on any atom is -0.465 e. The molecule has 3 rings (SSSR count). The number of carbonyl (C=O) groups excluding carboxylic acids is 1. The molecule has 0 unspecified atom stereocenters. The molecular weight excluding hydrogens is 290 g/mol. The predicted molar refractivity (Wildman–Crippen MR) is 89.4 cm³/mol. The van der Waals surface area contributed by atoms with E-state index in [2.05, 4.69) is 15.3 Å². The fraction of sp³-hybridized carbons (Fsp3) is 0.167. The summed E-state index contributed by atoms with van der Waals surface area (Å²) >= 11 is 0. The second-order valence-electron chi connectivity index (χ2n) is 5.20. The van der Waals surface area contributed by atoms with Crippen LogP contribution in [0.25, 0.3) is 11.0 Å². The van der Waals surface area contributed by atoms with Crippen LogP contribution in [-0.2, 0) is 11.3 Å². The third kappa shape index (κ3) is 3.13. The number of pyridine rings is 2. The van der Waals surface area contributed by atoms with Crippen LogP contribution in [0.2, 0.25) is 0 Å². The molecule has 0 atom stereocenters. The number of fused-ring (bicyclic) bond motifs is 1. The number of nitrogens with one attached hydrogen (secondary N) is 1. The van der Waals surface area contributed by atoms with Crippen molar-refractivity contribution >= 4 is 22.7 Å². The molecule has 5 heteroatoms. The third-order valence-corrected chi connectivity index (χ3v) is 3.59. The minimum atomic E-state index is -0.421. The van der Waals surface area contributed by atoms with Crippen LogP contribution in [0, 0.1) is 6.92 Å². The number of hydrogen-bond acceptors (Lipinski definition) is 5. The van der Waals surface area contributed by atoms with Crippen LogP contribution in [0.1, 0.15) is 21.6 Å². The van der Waals surface area contributed by atoms with E-state index >= 15 is 0 Å². The first-order valence-electron chi connectivity index (χ1n) is 7.31. The summed E-state index contributed by atoms with van der Waals surface area (Å²) in [5.74, 6) is -0.421. The van der Waals surface area contributed by atoms with E-state index in [0.29, 0.717) is 23.4 Å². The van der Waals surface area contributed by atoms with Crippen molar-refractivity contribution in [3.8, 4) is 0 Å². The Labute approximate surface area is 134 Å². The van der Waals surface area contributed by atoms with Gasteiger partial charge in [0.05, 0.1) is 12.8 Å². The molecule has 5 nitrogen and oxygen atoms in total. The van der Waals surface area contributed by atoms with Crippen LogP contribution in [0.4, 0.5) is 5.69 Å². The van der Waals surface area contributed by atoms with Crippen molar-refractivity contribution in [2.45, 2.75) is 13.5 Å². The van der Waals surface area contributed by atoms with Gasteiger partial charge in [0.1, 0.15) is 5.56 Å². The molecule has 0 bridgehead atoms. The van der Waals surface area contributed by atoms with Crippen molar-refractivity contribution in [1.82, 2.24) is 9.97 Å². The molecule has 0 saturated carbocycles. The zero-order chi connectivity index (χ0) is 16.2. The smallest absolute Gasteiger partial charge is 0.341 e. The van der Waals surface area contributed by atoms with E-state index in [1.807, 2.05) is 49.4 Å². The van der Waals surface area contributed by atoms with Crippen LogP contribution < -0.4 is 5.32 Å². The number of aromatic nitrogens is 2. The number of ether oxygens (including phenoxy) is 1. The summed E-state index contributed by atoms with van der Waals surface area (Å²) in [4.78, 5) is 20.7. The molecule has 0 spiro atoms. The second-order valence-corrected chi connectivity index (χ2v) is 5.20. The zero-order valence-electron chi connectivity index (χ0n) is 13.0. The first-order chi connectivity index (χ1) is 11.2. The SMILES string of the molecule is COC(=O)c1cnc2nc(C)ccc2c1NCc1ccccc1. The highest BCUT2D eigenvalue weighted by Gasteiger charge is 2.16. The molecule has 2 aromatic heterocycles. The van der Waals surface area contributed by atoms with E-state index in [0.717, 1.165) is 16.6 Å². The van der Waals surface area contributed by atoms with Crippen molar-refractivity contribution in [2.24, 2.45) is 0 Å². The third-order valence-electron chi connectivity index (χ3n) is 3.59. The van der Waals surface area contributed by atoms with Gasteiger partial charge in [0, 0.05) is 23.8 Å². The number of methoxy groups -OCH3 is 1. The first kappa shape index (κ1) is 15.0. The molecule has 23 heavy (non-hydrogen) atoms. The first-order valence-corrected chi connectivity index (χ1v) is 7.31. The fourth-order valence-electron chi connectivity index (χ4n) is 2.41. The number of benzene rings is 1. The highest BCUT2D eigenvalue weighted by atomic mass is 16.5. The molecule has 1 aromatic carbocycles. The van der Waals surface area contributed by atoms with E-state index in [9.17, 15) is 4.79 Å². The maximum Gasteiger partial charge on any atom is 0.341 e. The largest absolute Gasteiger partial charge is 0.465 e. The minimum absolute atomic E-state index is 0.404. The van der Waals surface area contributed by atoms with Gasteiger partial charge in [-0.3, -0.25) is 0 Å². The Balaban J connectivity index is 2.05. The number of rotatable bonds is 4. The van der Waals surface area contributed by atoms with Crippen LogP contribution in [0.5, 0.6) is 0 Å². The average Bonchev–Trinajstić information content (AvgIpc) is 2.59. The van der Waals surface area contributed by atoms with Gasteiger partial charge in [-0.05, 0) is 24.6 Å². The van der Waals surface area contributed by atoms with Crippen LogP contribution in [-0.4, -0.2) is 23.0 Å². The quantitative estimate of drug-likeness (QED) is 0.749. The summed E-state index contributed by atoms with van der Waals surface area (Å²) in [6.07, 6.45) is 1.51. The number of hydrogen-bond donors (Lipinski definition) is 1. The highest BCUT2D eigenvalue weighted by Crippen LogP contribution is 2.26. The number of anilines is 1. The van der Waals surface area contributed by atoms with Crippen LogP contribution in [0.3, 0.4) is 0 Å². The van der Waals surface area contributed by atoms with E-state index in [4.69, 9.17) is 4.74 Å². The molecule has 0 fully saturated rings. The molecule has 0 saturated heterocycles. The van der Waals surface area contributed by atoms with Gasteiger partial charge in [0.2, 0.25) is 0 Å². The Morgan fingerprint density at radius 2 is 1.96 bits per heavy atom. The van der Waals surface area contributed by atoms with Gasteiger partial charge in [0.15, 0.2) is 5.65 Å². The van der Waals surface area contributed by atoms with E-state index < -0.39 is 5.97 Å². The Bertz CT molecular complexity index is 848. The van der Waals surface area contributed by atoms with Crippen molar-refractivity contribution in [3.63, 3.8) is 0 Å². The Morgan fingerprint density at radius 1 is 1.17 bits per heavy atom. The van der Waals surface area contributed by atoms with E-state index in [-0.39, 0.29) is 0 Å². The summed E-state index contributed by atoms with van der Waals surface area (Å²) < 4.78 is 4.86. The molecular formula is C18H17N3O2. The second kappa shape index (κ2) is 6.44. The maximum absolute atomic E-state index is 12.0. The monoisotopic (exact) mass is 307 g/mol. The van der Waals surface area contributed by atoms with Crippen LogP contribution >= 0.6 is 0 Å². The molecule has 2 heterocycles. The van der Waals surface area contributed by atoms with Gasteiger partial charge in [-0.15, -0.1) is 0 Å². The van der Waals surface area contributed by atoms with Gasteiger partial charge >= 0.3 is 5.97 Å². The van der Waals surface area contributed by atoms with Gasteiger partial charge in [0.25, 0.3) is 0 Å². The zero-order valence-corrected chi connectivity index (χ0v) is 13.0. The Morgan fingerprint density at radius 3 is 2.70 bits per heavy atom. The van der Waals surface area contributed by atoms with Gasteiger partial charge in [-0.1, -0.05) is 30.3 Å². The van der Waals surface area contributed by atoms with Gasteiger partial charge in [-0.25, -0.2) is 14.8 Å². The number of carbonyl (C=O) groups is 1. The van der Waals surface area contributed by atoms with Crippen molar-refractivity contribution < 1.29 is 9.53 Å². The van der Waals surface area contributed by atoms with Crippen LogP contribution in [0.15, 0.2) is 48.7 Å². The lowest BCUT2D eigenvalue weighted by molar-refractivity contribution is 0.0601. The fourth-order valence-corrected chi connectivity index (χ4v) is 2.41.